The van der Waals surface area contributed by atoms with Crippen LogP contribution in [0.2, 0.25) is 0 Å². The number of fused-ring (bicyclic) bond motifs is 1. The Balaban J connectivity index is 1.69. The van der Waals surface area contributed by atoms with Gasteiger partial charge in [0, 0.05) is 31.9 Å². The van der Waals surface area contributed by atoms with Crippen molar-refractivity contribution >= 4 is 11.8 Å². The molecule has 9 nitrogen and oxygen atoms in total. The normalized spacial score (nSPS) is 16.6. The molecule has 0 saturated heterocycles. The third kappa shape index (κ3) is 4.07. The minimum absolute atomic E-state index is 0.0517. The predicted molar refractivity (Wildman–Crippen MR) is 103 cm³/mol. The van der Waals surface area contributed by atoms with Gasteiger partial charge in [0.25, 0.3) is 0 Å². The van der Waals surface area contributed by atoms with Gasteiger partial charge < -0.3 is 9.80 Å². The minimum atomic E-state index is -0.394. The highest BCUT2D eigenvalue weighted by atomic mass is 16.2. The Kier molecular flexibility index (Phi) is 5.81. The van der Waals surface area contributed by atoms with Gasteiger partial charge in [0.05, 0.1) is 24.1 Å². The van der Waals surface area contributed by atoms with Gasteiger partial charge in [-0.2, -0.15) is 5.10 Å². The standard InChI is InChI=1S/C19H29N7O2/c1-6-25-10-15(14(4)21-25)9-23(5)18(27)12-24-11-16-8-20-22-26(16)17(19(24)28)7-13(2)3/h8,10,13,17H,6-7,9,11-12H2,1-5H3/t17-/m0/s1. The summed E-state index contributed by atoms with van der Waals surface area (Å²) < 4.78 is 3.57. The summed E-state index contributed by atoms with van der Waals surface area (Å²) in [4.78, 5) is 29.1. The fraction of sp³-hybridized carbons (Fsp3) is 0.632. The van der Waals surface area contributed by atoms with E-state index in [1.807, 2.05) is 24.7 Å². The fourth-order valence-electron chi connectivity index (χ4n) is 3.51. The molecule has 28 heavy (non-hydrogen) atoms. The molecule has 0 saturated carbocycles. The summed E-state index contributed by atoms with van der Waals surface area (Å²) in [5.41, 5.74) is 2.80. The molecule has 0 spiro atoms. The van der Waals surface area contributed by atoms with Crippen molar-refractivity contribution in [3.8, 4) is 0 Å². The number of aromatic nitrogens is 5. The molecule has 1 atom stereocenters. The zero-order valence-corrected chi connectivity index (χ0v) is 17.3. The van der Waals surface area contributed by atoms with Crippen molar-refractivity contribution < 1.29 is 9.59 Å². The zero-order valence-electron chi connectivity index (χ0n) is 17.3. The molecule has 1 aliphatic heterocycles. The molecule has 0 bridgehead atoms. The van der Waals surface area contributed by atoms with Crippen molar-refractivity contribution in [2.45, 2.75) is 59.8 Å². The first-order chi connectivity index (χ1) is 13.3. The first-order valence-corrected chi connectivity index (χ1v) is 9.74. The molecule has 2 aromatic heterocycles. The van der Waals surface area contributed by atoms with Crippen LogP contribution in [-0.4, -0.2) is 60.0 Å². The predicted octanol–water partition coefficient (Wildman–Crippen LogP) is 1.39. The van der Waals surface area contributed by atoms with Crippen LogP contribution in [-0.2, 0) is 29.2 Å². The lowest BCUT2D eigenvalue weighted by Crippen LogP contribution is -2.47. The third-order valence-corrected chi connectivity index (χ3v) is 5.12. The van der Waals surface area contributed by atoms with E-state index in [1.54, 1.807) is 27.7 Å². The van der Waals surface area contributed by atoms with Crippen LogP contribution in [0.5, 0.6) is 0 Å². The van der Waals surface area contributed by atoms with Gasteiger partial charge in [0.15, 0.2) is 0 Å². The molecule has 0 unspecified atom stereocenters. The van der Waals surface area contributed by atoms with E-state index in [2.05, 4.69) is 29.3 Å². The number of hydrogen-bond acceptors (Lipinski definition) is 5. The van der Waals surface area contributed by atoms with E-state index in [0.717, 1.165) is 23.5 Å². The first kappa shape index (κ1) is 20.0. The molecule has 152 valence electrons. The van der Waals surface area contributed by atoms with E-state index >= 15 is 0 Å². The van der Waals surface area contributed by atoms with Crippen molar-refractivity contribution in [1.29, 1.82) is 0 Å². The summed E-state index contributed by atoms with van der Waals surface area (Å²) in [7, 11) is 1.76. The van der Waals surface area contributed by atoms with Crippen molar-refractivity contribution in [2.24, 2.45) is 5.92 Å². The largest absolute Gasteiger partial charge is 0.340 e. The maximum Gasteiger partial charge on any atom is 0.248 e. The molecule has 0 radical (unpaired) electrons. The van der Waals surface area contributed by atoms with Crippen molar-refractivity contribution in [3.63, 3.8) is 0 Å². The summed E-state index contributed by atoms with van der Waals surface area (Å²) in [6.45, 7) is 9.78. The van der Waals surface area contributed by atoms with Gasteiger partial charge in [0.1, 0.15) is 12.6 Å². The smallest absolute Gasteiger partial charge is 0.248 e. The van der Waals surface area contributed by atoms with Crippen LogP contribution in [0.15, 0.2) is 12.4 Å². The van der Waals surface area contributed by atoms with Gasteiger partial charge in [-0.05, 0) is 26.2 Å². The molecule has 2 amide bonds. The second-order valence-electron chi connectivity index (χ2n) is 7.85. The Morgan fingerprint density at radius 2 is 2.14 bits per heavy atom. The summed E-state index contributed by atoms with van der Waals surface area (Å²) in [6, 6.07) is -0.394. The molecule has 3 rings (SSSR count). The first-order valence-electron chi connectivity index (χ1n) is 9.74. The lowest BCUT2D eigenvalue weighted by atomic mass is 10.0. The zero-order chi connectivity index (χ0) is 20.4. The van der Waals surface area contributed by atoms with E-state index in [0.29, 0.717) is 25.4 Å². The van der Waals surface area contributed by atoms with Gasteiger partial charge in [0.2, 0.25) is 11.8 Å². The average Bonchev–Trinajstić information content (AvgIpc) is 3.24. The molecule has 0 aliphatic carbocycles. The minimum Gasteiger partial charge on any atom is -0.340 e. The highest BCUT2D eigenvalue weighted by Crippen LogP contribution is 2.26. The second kappa shape index (κ2) is 8.12. The van der Waals surface area contributed by atoms with E-state index in [1.165, 1.54) is 0 Å². The maximum absolute atomic E-state index is 13.0. The van der Waals surface area contributed by atoms with Crippen molar-refractivity contribution in [3.05, 3.63) is 29.3 Å². The van der Waals surface area contributed by atoms with Crippen molar-refractivity contribution in [1.82, 2.24) is 34.6 Å². The highest BCUT2D eigenvalue weighted by molar-refractivity contribution is 5.87. The molecule has 0 fully saturated rings. The van der Waals surface area contributed by atoms with Gasteiger partial charge in [-0.25, -0.2) is 4.68 Å². The SMILES string of the molecule is CCn1cc(CN(C)C(=O)CN2Cc3cnnn3[C@@H](CC(C)C)C2=O)c(C)n1. The number of nitrogens with zero attached hydrogens (tertiary/aromatic N) is 7. The van der Waals surface area contributed by atoms with Gasteiger partial charge >= 0.3 is 0 Å². The molecular formula is C19H29N7O2. The molecule has 0 aromatic carbocycles. The van der Waals surface area contributed by atoms with Crippen LogP contribution in [0, 0.1) is 12.8 Å². The molecule has 3 heterocycles. The number of likely N-dealkylation sites (N-methyl/N-ethyl adjacent to an activating group) is 1. The molecule has 0 N–H and O–H groups in total. The lowest BCUT2D eigenvalue weighted by molar-refractivity contribution is -0.145. The number of hydrogen-bond donors (Lipinski definition) is 0. The summed E-state index contributed by atoms with van der Waals surface area (Å²) in [5, 5.41) is 12.5. The monoisotopic (exact) mass is 387 g/mol. The van der Waals surface area contributed by atoms with Crippen LogP contribution in [0.4, 0.5) is 0 Å². The maximum atomic E-state index is 13.0. The number of carbonyl (C=O) groups excluding carboxylic acids is 2. The summed E-state index contributed by atoms with van der Waals surface area (Å²) in [6.07, 6.45) is 4.31. The van der Waals surface area contributed by atoms with Crippen LogP contribution in [0.25, 0.3) is 0 Å². The van der Waals surface area contributed by atoms with Gasteiger partial charge in [-0.1, -0.05) is 19.1 Å². The van der Waals surface area contributed by atoms with Gasteiger partial charge in [-0.3, -0.25) is 14.3 Å². The molecule has 9 heteroatoms. The molecule has 1 aliphatic rings. The van der Waals surface area contributed by atoms with Crippen molar-refractivity contribution in [2.75, 3.05) is 13.6 Å². The Bertz CT molecular complexity index is 854. The topological polar surface area (TPSA) is 89.2 Å². The highest BCUT2D eigenvalue weighted by Gasteiger charge is 2.35. The average molecular weight is 387 g/mol. The Hall–Kier alpha value is -2.71. The Labute approximate surface area is 165 Å². The summed E-state index contributed by atoms with van der Waals surface area (Å²) >= 11 is 0. The third-order valence-electron chi connectivity index (χ3n) is 5.12. The molecule has 2 aromatic rings. The van der Waals surface area contributed by atoms with E-state index in [4.69, 9.17) is 0 Å². The van der Waals surface area contributed by atoms with E-state index in [9.17, 15) is 9.59 Å². The summed E-state index contributed by atoms with van der Waals surface area (Å²) in [5.74, 6) is 0.173. The van der Waals surface area contributed by atoms with Gasteiger partial charge in [-0.15, -0.1) is 5.10 Å². The lowest BCUT2D eigenvalue weighted by Gasteiger charge is -2.33. The van der Waals surface area contributed by atoms with Crippen LogP contribution >= 0.6 is 0 Å². The van der Waals surface area contributed by atoms with Crippen LogP contribution in [0.1, 0.15) is 50.2 Å². The number of aryl methyl sites for hydroxylation is 2. The van der Waals surface area contributed by atoms with E-state index < -0.39 is 6.04 Å². The second-order valence-corrected chi connectivity index (χ2v) is 7.85. The van der Waals surface area contributed by atoms with Crippen LogP contribution < -0.4 is 0 Å². The number of amides is 2. The Morgan fingerprint density at radius 1 is 1.39 bits per heavy atom. The Morgan fingerprint density at radius 3 is 2.79 bits per heavy atom. The van der Waals surface area contributed by atoms with E-state index in [-0.39, 0.29) is 18.4 Å². The quantitative estimate of drug-likeness (QED) is 0.716. The number of carbonyl (C=O) groups is 2. The fourth-order valence-corrected chi connectivity index (χ4v) is 3.51. The molecular weight excluding hydrogens is 358 g/mol. The number of rotatable bonds is 7. The van der Waals surface area contributed by atoms with Crippen LogP contribution in [0.3, 0.4) is 0 Å².